The van der Waals surface area contributed by atoms with Gasteiger partial charge in [0, 0.05) is 18.3 Å². The molecule has 3 aromatic rings. The van der Waals surface area contributed by atoms with E-state index in [0.717, 1.165) is 0 Å². The number of aryl methyl sites for hydroxylation is 1. The Morgan fingerprint density at radius 2 is 2.18 bits per heavy atom. The first-order valence-corrected chi connectivity index (χ1v) is 7.23. The van der Waals surface area contributed by atoms with Gasteiger partial charge in [-0.1, -0.05) is 35.8 Å². The molecule has 3 rings (SSSR count). The highest BCUT2D eigenvalue weighted by Gasteiger charge is 2.36. The Balaban J connectivity index is 2.02. The molecular weight excluding hydrogens is 304 g/mol. The first-order chi connectivity index (χ1) is 10.5. The first kappa shape index (κ1) is 14.7. The SMILES string of the molecule is CCC(O)(c1cccc(Cl)c1)c1nc(-c2ccn(C)n2)no1. The van der Waals surface area contributed by atoms with Crippen LogP contribution in [0.4, 0.5) is 0 Å². The quantitative estimate of drug-likeness (QED) is 0.800. The fourth-order valence-electron chi connectivity index (χ4n) is 2.25. The van der Waals surface area contributed by atoms with E-state index in [-0.39, 0.29) is 5.89 Å². The van der Waals surface area contributed by atoms with E-state index >= 15 is 0 Å². The second-order valence-electron chi connectivity index (χ2n) is 5.02. The van der Waals surface area contributed by atoms with E-state index in [1.807, 2.05) is 6.92 Å². The van der Waals surface area contributed by atoms with Gasteiger partial charge >= 0.3 is 0 Å². The van der Waals surface area contributed by atoms with Crippen molar-refractivity contribution in [1.82, 2.24) is 19.9 Å². The topological polar surface area (TPSA) is 77.0 Å². The van der Waals surface area contributed by atoms with Crippen molar-refractivity contribution in [2.75, 3.05) is 0 Å². The zero-order chi connectivity index (χ0) is 15.7. The van der Waals surface area contributed by atoms with Crippen molar-refractivity contribution < 1.29 is 9.63 Å². The Kier molecular flexibility index (Phi) is 3.72. The summed E-state index contributed by atoms with van der Waals surface area (Å²) in [5.74, 6) is 0.461. The molecule has 0 aliphatic heterocycles. The van der Waals surface area contributed by atoms with Crippen LogP contribution in [-0.2, 0) is 12.6 Å². The predicted molar refractivity (Wildman–Crippen MR) is 81.2 cm³/mol. The Hall–Kier alpha value is -2.18. The maximum Gasteiger partial charge on any atom is 0.263 e. The standard InChI is InChI=1S/C15H15ClN4O2/c1-3-15(21,10-5-4-6-11(16)9-10)14-17-13(19-22-14)12-7-8-20(2)18-12/h4-9,21H,3H2,1-2H3. The largest absolute Gasteiger partial charge is 0.375 e. The molecule has 0 saturated heterocycles. The van der Waals surface area contributed by atoms with Gasteiger partial charge in [-0.15, -0.1) is 0 Å². The van der Waals surface area contributed by atoms with Crippen molar-refractivity contribution in [3.8, 4) is 11.5 Å². The minimum Gasteiger partial charge on any atom is -0.375 e. The third-order valence-corrected chi connectivity index (χ3v) is 3.77. The molecule has 0 fully saturated rings. The maximum atomic E-state index is 11.0. The molecule has 1 N–H and O–H groups in total. The number of nitrogens with zero attached hydrogens (tertiary/aromatic N) is 4. The lowest BCUT2D eigenvalue weighted by atomic mass is 9.91. The fourth-order valence-corrected chi connectivity index (χ4v) is 2.44. The number of hydrogen-bond acceptors (Lipinski definition) is 5. The smallest absolute Gasteiger partial charge is 0.263 e. The average Bonchev–Trinajstić information content (AvgIpc) is 3.15. The molecular formula is C15H15ClN4O2. The predicted octanol–water partition coefficient (Wildman–Crippen LogP) is 2.77. The summed E-state index contributed by atoms with van der Waals surface area (Å²) in [7, 11) is 1.80. The molecule has 0 saturated carbocycles. The molecule has 0 radical (unpaired) electrons. The molecule has 0 spiro atoms. The highest BCUT2D eigenvalue weighted by atomic mass is 35.5. The number of rotatable bonds is 4. The monoisotopic (exact) mass is 318 g/mol. The van der Waals surface area contributed by atoms with E-state index in [1.54, 1.807) is 48.3 Å². The molecule has 0 amide bonds. The Bertz CT molecular complexity index is 798. The summed E-state index contributed by atoms with van der Waals surface area (Å²) in [5, 5.41) is 19.6. The van der Waals surface area contributed by atoms with Crippen LogP contribution in [0.2, 0.25) is 5.02 Å². The van der Waals surface area contributed by atoms with E-state index < -0.39 is 5.60 Å². The highest BCUT2D eigenvalue weighted by Crippen LogP contribution is 2.33. The summed E-state index contributed by atoms with van der Waals surface area (Å²) in [5.41, 5.74) is -0.189. The maximum absolute atomic E-state index is 11.0. The molecule has 1 aromatic carbocycles. The van der Waals surface area contributed by atoms with Crippen LogP contribution in [0.5, 0.6) is 0 Å². The lowest BCUT2D eigenvalue weighted by Gasteiger charge is -2.22. The molecule has 0 aliphatic carbocycles. The van der Waals surface area contributed by atoms with Gasteiger partial charge in [0.25, 0.3) is 5.89 Å². The van der Waals surface area contributed by atoms with Crippen LogP contribution in [0.3, 0.4) is 0 Å². The van der Waals surface area contributed by atoms with Crippen LogP contribution in [-0.4, -0.2) is 25.0 Å². The summed E-state index contributed by atoms with van der Waals surface area (Å²) < 4.78 is 6.92. The number of aliphatic hydroxyl groups is 1. The van der Waals surface area contributed by atoms with E-state index in [2.05, 4.69) is 15.2 Å². The Morgan fingerprint density at radius 3 is 2.82 bits per heavy atom. The van der Waals surface area contributed by atoms with Crippen molar-refractivity contribution in [3.63, 3.8) is 0 Å². The Morgan fingerprint density at radius 1 is 1.36 bits per heavy atom. The zero-order valence-corrected chi connectivity index (χ0v) is 12.9. The van der Waals surface area contributed by atoms with Crippen LogP contribution >= 0.6 is 11.6 Å². The minimum atomic E-state index is -1.38. The minimum absolute atomic E-state index is 0.123. The van der Waals surface area contributed by atoms with E-state index in [0.29, 0.717) is 28.5 Å². The van der Waals surface area contributed by atoms with Crippen LogP contribution in [0.1, 0.15) is 24.8 Å². The lowest BCUT2D eigenvalue weighted by molar-refractivity contribution is 0.0409. The molecule has 0 bridgehead atoms. The molecule has 22 heavy (non-hydrogen) atoms. The van der Waals surface area contributed by atoms with E-state index in [1.165, 1.54) is 0 Å². The van der Waals surface area contributed by atoms with Crippen LogP contribution in [0.25, 0.3) is 11.5 Å². The van der Waals surface area contributed by atoms with Crippen molar-refractivity contribution in [2.24, 2.45) is 7.05 Å². The summed E-state index contributed by atoms with van der Waals surface area (Å²) in [6.07, 6.45) is 2.16. The number of benzene rings is 1. The molecule has 1 unspecified atom stereocenters. The van der Waals surface area contributed by atoms with Gasteiger partial charge in [-0.25, -0.2) is 0 Å². The normalized spacial score (nSPS) is 14.0. The molecule has 114 valence electrons. The third-order valence-electron chi connectivity index (χ3n) is 3.54. The summed E-state index contributed by atoms with van der Waals surface area (Å²) in [6.45, 7) is 1.84. The molecule has 7 heteroatoms. The molecule has 2 aromatic heterocycles. The second-order valence-corrected chi connectivity index (χ2v) is 5.46. The Labute approximate surface area is 132 Å². The molecule has 2 heterocycles. The van der Waals surface area contributed by atoms with Crippen molar-refractivity contribution in [2.45, 2.75) is 18.9 Å². The second kappa shape index (κ2) is 5.55. The summed E-state index contributed by atoms with van der Waals surface area (Å²) in [4.78, 5) is 4.30. The van der Waals surface area contributed by atoms with Crippen LogP contribution < -0.4 is 0 Å². The van der Waals surface area contributed by atoms with Gasteiger partial charge in [0.05, 0.1) is 0 Å². The number of halogens is 1. The van der Waals surface area contributed by atoms with Gasteiger partial charge in [0.2, 0.25) is 5.82 Å². The first-order valence-electron chi connectivity index (χ1n) is 6.85. The van der Waals surface area contributed by atoms with Crippen LogP contribution in [0.15, 0.2) is 41.1 Å². The molecule has 1 atom stereocenters. The van der Waals surface area contributed by atoms with Crippen molar-refractivity contribution in [1.29, 1.82) is 0 Å². The average molecular weight is 319 g/mol. The van der Waals surface area contributed by atoms with Gasteiger partial charge in [0.1, 0.15) is 5.69 Å². The van der Waals surface area contributed by atoms with Gasteiger partial charge in [0.15, 0.2) is 5.60 Å². The van der Waals surface area contributed by atoms with Gasteiger partial charge < -0.3 is 9.63 Å². The fraction of sp³-hybridized carbons (Fsp3) is 0.267. The zero-order valence-electron chi connectivity index (χ0n) is 12.2. The highest BCUT2D eigenvalue weighted by molar-refractivity contribution is 6.30. The number of hydrogen-bond donors (Lipinski definition) is 1. The van der Waals surface area contributed by atoms with Gasteiger partial charge in [-0.3, -0.25) is 4.68 Å². The number of aromatic nitrogens is 4. The molecule has 6 nitrogen and oxygen atoms in total. The van der Waals surface area contributed by atoms with E-state index in [9.17, 15) is 5.11 Å². The van der Waals surface area contributed by atoms with Gasteiger partial charge in [-0.05, 0) is 30.2 Å². The molecule has 0 aliphatic rings. The van der Waals surface area contributed by atoms with E-state index in [4.69, 9.17) is 16.1 Å². The third kappa shape index (κ3) is 2.51. The lowest BCUT2D eigenvalue weighted by Crippen LogP contribution is -2.26. The summed E-state index contributed by atoms with van der Waals surface area (Å²) >= 11 is 6.01. The summed E-state index contributed by atoms with van der Waals surface area (Å²) in [6, 6.07) is 8.76. The van der Waals surface area contributed by atoms with Crippen molar-refractivity contribution >= 4 is 11.6 Å². The van der Waals surface area contributed by atoms with Crippen LogP contribution in [0, 0.1) is 0 Å². The van der Waals surface area contributed by atoms with Crippen molar-refractivity contribution in [3.05, 3.63) is 53.0 Å². The van der Waals surface area contributed by atoms with Gasteiger partial charge in [-0.2, -0.15) is 10.1 Å².